The number of amides is 1. The second kappa shape index (κ2) is 8.57. The second-order valence-corrected chi connectivity index (χ2v) is 9.58. The molecule has 7 nitrogen and oxygen atoms in total. The van der Waals surface area contributed by atoms with Gasteiger partial charge in [0.25, 0.3) is 5.91 Å². The van der Waals surface area contributed by atoms with E-state index in [9.17, 15) is 13.2 Å². The van der Waals surface area contributed by atoms with Crippen molar-refractivity contribution >= 4 is 21.6 Å². The van der Waals surface area contributed by atoms with Gasteiger partial charge in [-0.15, -0.1) is 0 Å². The lowest BCUT2D eigenvalue weighted by Crippen LogP contribution is -2.41. The first-order valence-corrected chi connectivity index (χ1v) is 11.7. The molecule has 1 aliphatic rings. The molecule has 3 aromatic rings. The van der Waals surface area contributed by atoms with Gasteiger partial charge < -0.3 is 9.72 Å². The molecule has 0 saturated carbocycles. The molecule has 0 spiro atoms. The topological polar surface area (TPSA) is 83.8 Å². The fourth-order valence-electron chi connectivity index (χ4n) is 3.86. The predicted octanol–water partition coefficient (Wildman–Crippen LogP) is 2.87. The van der Waals surface area contributed by atoms with Gasteiger partial charge in [-0.05, 0) is 56.2 Å². The number of nitrogens with one attached hydrogen (secondary N) is 1. The van der Waals surface area contributed by atoms with Gasteiger partial charge in [0.2, 0.25) is 10.0 Å². The number of nitrogens with zero attached hydrogens (tertiary/aromatic N) is 3. The Morgan fingerprint density at radius 3 is 2.70 bits per heavy atom. The average Bonchev–Trinajstić information content (AvgIpc) is 3.17. The van der Waals surface area contributed by atoms with Gasteiger partial charge in [-0.3, -0.25) is 4.79 Å². The normalized spacial score (nSPS) is 17.8. The summed E-state index contributed by atoms with van der Waals surface area (Å²) in [6.07, 6.45) is 7.32. The molecule has 1 fully saturated rings. The molecule has 2 aromatic heterocycles. The number of imidazole rings is 1. The smallest absolute Gasteiger partial charge is 0.251 e. The molecular formula is C22H26N4O3S. The fourth-order valence-corrected chi connectivity index (χ4v) is 5.56. The third kappa shape index (κ3) is 4.24. The number of benzene rings is 1. The van der Waals surface area contributed by atoms with E-state index < -0.39 is 10.0 Å². The number of aromatic nitrogens is 2. The monoisotopic (exact) mass is 426 g/mol. The minimum absolute atomic E-state index is 0.00586. The summed E-state index contributed by atoms with van der Waals surface area (Å²) >= 11 is 0. The predicted molar refractivity (Wildman–Crippen MR) is 115 cm³/mol. The van der Waals surface area contributed by atoms with Gasteiger partial charge in [-0.2, -0.15) is 4.31 Å². The van der Waals surface area contributed by atoms with Crippen LogP contribution in [0, 0.1) is 0 Å². The van der Waals surface area contributed by atoms with Crippen molar-refractivity contribution in [2.45, 2.75) is 43.5 Å². The Morgan fingerprint density at radius 2 is 1.97 bits per heavy atom. The third-order valence-electron chi connectivity index (χ3n) is 5.55. The van der Waals surface area contributed by atoms with Gasteiger partial charge in [0.05, 0.1) is 10.6 Å². The molecule has 1 unspecified atom stereocenters. The molecule has 8 heteroatoms. The van der Waals surface area contributed by atoms with E-state index in [1.165, 1.54) is 12.1 Å². The summed E-state index contributed by atoms with van der Waals surface area (Å²) in [6, 6.07) is 12.0. The molecule has 0 aliphatic carbocycles. The zero-order valence-corrected chi connectivity index (χ0v) is 17.8. The number of hydrogen-bond donors (Lipinski definition) is 1. The zero-order valence-electron chi connectivity index (χ0n) is 17.0. The number of pyridine rings is 1. The molecule has 0 bridgehead atoms. The lowest BCUT2D eigenvalue weighted by Gasteiger charge is -2.32. The van der Waals surface area contributed by atoms with E-state index in [4.69, 9.17) is 0 Å². The van der Waals surface area contributed by atoms with Crippen molar-refractivity contribution in [1.82, 2.24) is 19.0 Å². The lowest BCUT2D eigenvalue weighted by atomic mass is 10.1. The molecule has 1 amide bonds. The summed E-state index contributed by atoms with van der Waals surface area (Å²) in [7, 11) is -3.53. The summed E-state index contributed by atoms with van der Waals surface area (Å²) in [5.41, 5.74) is 2.22. The number of sulfonamides is 1. The van der Waals surface area contributed by atoms with Crippen LogP contribution in [0.15, 0.2) is 59.8 Å². The van der Waals surface area contributed by atoms with Gasteiger partial charge in [0.1, 0.15) is 5.65 Å². The van der Waals surface area contributed by atoms with Crippen molar-refractivity contribution in [2.24, 2.45) is 0 Å². The van der Waals surface area contributed by atoms with Crippen LogP contribution in [-0.4, -0.2) is 47.1 Å². The Morgan fingerprint density at radius 1 is 1.17 bits per heavy atom. The van der Waals surface area contributed by atoms with Crippen molar-refractivity contribution in [3.63, 3.8) is 0 Å². The first kappa shape index (κ1) is 20.6. The van der Waals surface area contributed by atoms with Crippen LogP contribution < -0.4 is 5.32 Å². The van der Waals surface area contributed by atoms with Gasteiger partial charge in [0.15, 0.2) is 0 Å². The van der Waals surface area contributed by atoms with Gasteiger partial charge in [0, 0.05) is 43.5 Å². The van der Waals surface area contributed by atoms with Crippen molar-refractivity contribution in [3.8, 4) is 0 Å². The van der Waals surface area contributed by atoms with Crippen LogP contribution in [0.5, 0.6) is 0 Å². The first-order valence-electron chi connectivity index (χ1n) is 10.3. The van der Waals surface area contributed by atoms with E-state index in [0.717, 1.165) is 30.6 Å². The summed E-state index contributed by atoms with van der Waals surface area (Å²) in [5, 5.41) is 2.87. The van der Waals surface area contributed by atoms with Gasteiger partial charge in [-0.25, -0.2) is 13.4 Å². The Balaban J connectivity index is 1.36. The van der Waals surface area contributed by atoms with Crippen molar-refractivity contribution in [3.05, 3.63) is 66.1 Å². The van der Waals surface area contributed by atoms with Crippen molar-refractivity contribution in [2.75, 3.05) is 13.1 Å². The lowest BCUT2D eigenvalue weighted by molar-refractivity contribution is 0.0954. The van der Waals surface area contributed by atoms with E-state index in [1.54, 1.807) is 16.4 Å². The number of rotatable bonds is 6. The van der Waals surface area contributed by atoms with Crippen LogP contribution >= 0.6 is 0 Å². The van der Waals surface area contributed by atoms with E-state index in [1.807, 2.05) is 41.9 Å². The Bertz CT molecular complexity index is 1110. The molecule has 158 valence electrons. The number of piperidine rings is 1. The highest BCUT2D eigenvalue weighted by Gasteiger charge is 2.30. The van der Waals surface area contributed by atoms with E-state index >= 15 is 0 Å². The zero-order chi connectivity index (χ0) is 21.1. The summed E-state index contributed by atoms with van der Waals surface area (Å²) < 4.78 is 29.3. The maximum Gasteiger partial charge on any atom is 0.251 e. The summed E-state index contributed by atoms with van der Waals surface area (Å²) in [4.78, 5) is 17.2. The molecule has 1 aliphatic heterocycles. The maximum atomic E-state index is 12.9. The molecule has 1 atom stereocenters. The minimum atomic E-state index is -3.53. The van der Waals surface area contributed by atoms with Crippen LogP contribution in [0.1, 0.15) is 42.2 Å². The maximum absolute atomic E-state index is 12.9. The molecule has 1 N–H and O–H groups in total. The average molecular weight is 427 g/mol. The molecule has 1 aromatic carbocycles. The minimum Gasteiger partial charge on any atom is -0.352 e. The Kier molecular flexibility index (Phi) is 5.87. The number of hydrogen-bond acceptors (Lipinski definition) is 4. The number of carbonyl (C=O) groups is 1. The highest BCUT2D eigenvalue weighted by atomic mass is 32.2. The van der Waals surface area contributed by atoms with Gasteiger partial charge >= 0.3 is 0 Å². The molecule has 1 saturated heterocycles. The highest BCUT2D eigenvalue weighted by molar-refractivity contribution is 7.89. The van der Waals surface area contributed by atoms with Crippen molar-refractivity contribution < 1.29 is 13.2 Å². The quantitative estimate of drug-likeness (QED) is 0.657. The first-order chi connectivity index (χ1) is 14.4. The summed E-state index contributed by atoms with van der Waals surface area (Å²) in [6.45, 7) is 2.95. The van der Waals surface area contributed by atoms with E-state index in [0.29, 0.717) is 25.1 Å². The van der Waals surface area contributed by atoms with Crippen LogP contribution in [-0.2, 0) is 16.4 Å². The largest absolute Gasteiger partial charge is 0.352 e. The highest BCUT2D eigenvalue weighted by Crippen LogP contribution is 2.25. The van der Waals surface area contributed by atoms with Gasteiger partial charge in [-0.1, -0.05) is 12.5 Å². The van der Waals surface area contributed by atoms with Crippen LogP contribution in [0.2, 0.25) is 0 Å². The Labute approximate surface area is 176 Å². The SMILES string of the molecule is CC1CCCCN1S(=O)(=O)c1ccc(C(=O)NCCc2cn3ccccc3n2)cc1. The van der Waals surface area contributed by atoms with E-state index in [2.05, 4.69) is 10.3 Å². The molecular weight excluding hydrogens is 400 g/mol. The summed E-state index contributed by atoms with van der Waals surface area (Å²) in [5.74, 6) is -0.228. The van der Waals surface area contributed by atoms with Crippen molar-refractivity contribution in [1.29, 1.82) is 0 Å². The molecule has 0 radical (unpaired) electrons. The Hall–Kier alpha value is -2.71. The van der Waals surface area contributed by atoms with Crippen LogP contribution in [0.3, 0.4) is 0 Å². The van der Waals surface area contributed by atoms with E-state index in [-0.39, 0.29) is 16.8 Å². The fraction of sp³-hybridized carbons (Fsp3) is 0.364. The molecule has 3 heterocycles. The molecule has 4 rings (SSSR count). The van der Waals surface area contributed by atoms with Crippen LogP contribution in [0.4, 0.5) is 0 Å². The number of carbonyl (C=O) groups excluding carboxylic acids is 1. The standard InChI is InChI=1S/C22H26N4O3S/c1-17-6-2-5-15-26(17)30(28,29)20-10-8-18(9-11-20)22(27)23-13-12-19-16-25-14-4-3-7-21(25)24-19/h3-4,7-11,14,16-17H,2,5-6,12-13,15H2,1H3,(H,23,27). The third-order valence-corrected chi connectivity index (χ3v) is 7.57. The molecule has 30 heavy (non-hydrogen) atoms. The van der Waals surface area contributed by atoms with Crippen LogP contribution in [0.25, 0.3) is 5.65 Å². The second-order valence-electron chi connectivity index (χ2n) is 7.69. The number of fused-ring (bicyclic) bond motifs is 1.